The maximum atomic E-state index is 12.5. The molecule has 10 nitrogen and oxygen atoms in total. The van der Waals surface area contributed by atoms with Crippen LogP contribution in [-0.2, 0) is 21.6 Å². The Balaban J connectivity index is 1.11. The zero-order chi connectivity index (χ0) is 29.6. The second kappa shape index (κ2) is 11.7. The van der Waals surface area contributed by atoms with Crippen molar-refractivity contribution in [1.82, 2.24) is 19.2 Å². The van der Waals surface area contributed by atoms with E-state index in [0.717, 1.165) is 69.7 Å². The van der Waals surface area contributed by atoms with E-state index >= 15 is 0 Å². The van der Waals surface area contributed by atoms with Crippen molar-refractivity contribution >= 4 is 66.0 Å². The molecule has 222 valence electrons. The van der Waals surface area contributed by atoms with Gasteiger partial charge in [-0.3, -0.25) is 4.79 Å². The summed E-state index contributed by atoms with van der Waals surface area (Å²) >= 11 is 14.5. The van der Waals surface area contributed by atoms with Crippen LogP contribution in [0.3, 0.4) is 0 Å². The Morgan fingerprint density at radius 2 is 1.86 bits per heavy atom. The molecule has 1 saturated carbocycles. The van der Waals surface area contributed by atoms with Gasteiger partial charge in [0.25, 0.3) is 5.91 Å². The van der Waals surface area contributed by atoms with Crippen molar-refractivity contribution in [2.75, 3.05) is 32.1 Å². The smallest absolute Gasteiger partial charge is 0.303 e. The van der Waals surface area contributed by atoms with Crippen molar-refractivity contribution in [3.05, 3.63) is 63.3 Å². The molecule has 1 N–H and O–H groups in total. The van der Waals surface area contributed by atoms with Crippen molar-refractivity contribution < 1.29 is 22.5 Å². The Bertz CT molecular complexity index is 1720. The highest BCUT2D eigenvalue weighted by atomic mass is 35.5. The number of rotatable bonds is 9. The molecule has 2 aliphatic rings. The lowest BCUT2D eigenvalue weighted by molar-refractivity contribution is 0.0246. The molecule has 4 aromatic rings. The fourth-order valence-electron chi connectivity index (χ4n) is 4.92. The molecule has 2 aromatic carbocycles. The summed E-state index contributed by atoms with van der Waals surface area (Å²) in [5, 5.41) is 6.25. The molecule has 0 unspecified atom stereocenters. The summed E-state index contributed by atoms with van der Waals surface area (Å²) in [6.45, 7) is 1.90. The highest BCUT2D eigenvalue weighted by Gasteiger charge is 2.34. The minimum atomic E-state index is -3.88. The van der Waals surface area contributed by atoms with Crippen LogP contribution in [-0.4, -0.2) is 62.1 Å². The summed E-state index contributed by atoms with van der Waals surface area (Å²) in [5.41, 5.74) is 3.24. The molecule has 1 aliphatic carbocycles. The van der Waals surface area contributed by atoms with Crippen molar-refractivity contribution in [3.63, 3.8) is 0 Å². The molecule has 14 heteroatoms. The Morgan fingerprint density at radius 1 is 1.14 bits per heavy atom. The summed E-state index contributed by atoms with van der Waals surface area (Å²) in [7, 11) is -1.16. The van der Waals surface area contributed by atoms with E-state index < -0.39 is 16.1 Å². The molecule has 0 radical (unpaired) electrons. The standard InChI is InChI=1S/C28H29Cl2N5O5S2/c1-34(2)42(37,38)33-27(36)17-8-9-22-23(14-17)41-28(31-22)35-12-10-18(11-13-35)39-15-19-25(32-40-26(19)16-6-7-16)24-20(29)4-3-5-21(24)30/h3-5,8-9,14,16,18H,6-7,10-13,15H2,1-2H3,(H,33,36). The van der Waals surface area contributed by atoms with Crippen molar-refractivity contribution in [3.8, 4) is 11.3 Å². The van der Waals surface area contributed by atoms with Gasteiger partial charge in [-0.1, -0.05) is 45.8 Å². The van der Waals surface area contributed by atoms with Gasteiger partial charge in [-0.25, -0.2) is 9.71 Å². The molecule has 3 heterocycles. The number of hydrogen-bond donors (Lipinski definition) is 1. The Hall–Kier alpha value is -2.74. The fourth-order valence-corrected chi connectivity index (χ4v) is 7.09. The van der Waals surface area contributed by atoms with Gasteiger partial charge in [0.2, 0.25) is 0 Å². The average Bonchev–Trinajstić information content (AvgIpc) is 3.57. The lowest BCUT2D eigenvalue weighted by atomic mass is 10.0. The van der Waals surface area contributed by atoms with Crippen LogP contribution in [0, 0.1) is 0 Å². The number of halogens is 2. The third-order valence-corrected chi connectivity index (χ3v) is 10.6. The van der Waals surface area contributed by atoms with Gasteiger partial charge in [0.15, 0.2) is 5.13 Å². The first-order valence-electron chi connectivity index (χ1n) is 13.6. The number of carbonyl (C=O) groups excluding carboxylic acids is 1. The van der Waals surface area contributed by atoms with Crippen LogP contribution in [0.5, 0.6) is 0 Å². The van der Waals surface area contributed by atoms with Crippen molar-refractivity contribution in [2.45, 2.75) is 44.3 Å². The molecular formula is C28H29Cl2N5O5S2. The SMILES string of the molecule is CN(C)S(=O)(=O)NC(=O)c1ccc2nc(N3CCC(OCc4c(-c5c(Cl)cccc5Cl)noc4C4CC4)CC3)sc2c1. The van der Waals surface area contributed by atoms with E-state index in [-0.39, 0.29) is 11.7 Å². The monoisotopic (exact) mass is 649 g/mol. The van der Waals surface area contributed by atoms with Crippen LogP contribution >= 0.6 is 34.5 Å². The third-order valence-electron chi connectivity index (χ3n) is 7.48. The number of carbonyl (C=O) groups is 1. The topological polar surface area (TPSA) is 118 Å². The van der Waals surface area contributed by atoms with Crippen LogP contribution in [0.25, 0.3) is 21.5 Å². The van der Waals surface area contributed by atoms with Crippen LogP contribution in [0.15, 0.2) is 40.9 Å². The lowest BCUT2D eigenvalue weighted by Gasteiger charge is -2.31. The molecule has 1 aliphatic heterocycles. The van der Waals surface area contributed by atoms with Gasteiger partial charge in [0.05, 0.1) is 33.0 Å². The van der Waals surface area contributed by atoms with Gasteiger partial charge in [0.1, 0.15) is 11.5 Å². The van der Waals surface area contributed by atoms with E-state index in [2.05, 4.69) is 14.8 Å². The highest BCUT2D eigenvalue weighted by Crippen LogP contribution is 2.46. The number of thiazole rings is 1. The highest BCUT2D eigenvalue weighted by molar-refractivity contribution is 7.87. The van der Waals surface area contributed by atoms with Gasteiger partial charge in [0, 0.05) is 49.8 Å². The van der Waals surface area contributed by atoms with E-state index in [9.17, 15) is 13.2 Å². The number of nitrogens with zero attached hydrogens (tertiary/aromatic N) is 4. The number of benzene rings is 2. The number of piperidine rings is 1. The minimum Gasteiger partial charge on any atom is -0.373 e. The van der Waals surface area contributed by atoms with Gasteiger partial charge in [-0.05, 0) is 56.0 Å². The number of aromatic nitrogens is 2. The lowest BCUT2D eigenvalue weighted by Crippen LogP contribution is -2.39. The first-order valence-corrected chi connectivity index (χ1v) is 16.6. The van der Waals surface area contributed by atoms with Crippen LogP contribution in [0.2, 0.25) is 10.0 Å². The van der Waals surface area contributed by atoms with Crippen LogP contribution < -0.4 is 9.62 Å². The summed E-state index contributed by atoms with van der Waals surface area (Å²) in [6, 6.07) is 10.4. The number of ether oxygens (including phenoxy) is 1. The van der Waals surface area contributed by atoms with E-state index in [1.807, 2.05) is 0 Å². The first-order chi connectivity index (χ1) is 20.1. The Morgan fingerprint density at radius 3 is 2.52 bits per heavy atom. The predicted molar refractivity (Wildman–Crippen MR) is 164 cm³/mol. The summed E-state index contributed by atoms with van der Waals surface area (Å²) in [4.78, 5) is 19.5. The number of hydrogen-bond acceptors (Lipinski definition) is 9. The first kappa shape index (κ1) is 29.3. The number of amides is 1. The molecule has 0 spiro atoms. The average molecular weight is 651 g/mol. The summed E-state index contributed by atoms with van der Waals surface area (Å²) < 4.78 is 40.1. The van der Waals surface area contributed by atoms with E-state index in [1.165, 1.54) is 25.4 Å². The number of nitrogens with one attached hydrogen (secondary N) is 1. The molecule has 2 fully saturated rings. The van der Waals surface area contributed by atoms with Crippen molar-refractivity contribution in [2.24, 2.45) is 0 Å². The van der Waals surface area contributed by atoms with Crippen LogP contribution in [0.4, 0.5) is 5.13 Å². The number of fused-ring (bicyclic) bond motifs is 1. The molecule has 42 heavy (non-hydrogen) atoms. The molecule has 0 atom stereocenters. The Kier molecular flexibility index (Phi) is 8.20. The second-order valence-electron chi connectivity index (χ2n) is 10.6. The van der Waals surface area contributed by atoms with Crippen LogP contribution in [0.1, 0.15) is 53.3 Å². The summed E-state index contributed by atoms with van der Waals surface area (Å²) in [6.07, 6.45) is 3.83. The normalized spacial score (nSPS) is 16.5. The van der Waals surface area contributed by atoms with Gasteiger partial charge in [-0.2, -0.15) is 12.7 Å². The fraction of sp³-hybridized carbons (Fsp3) is 0.393. The molecule has 6 rings (SSSR count). The van der Waals surface area contributed by atoms with Gasteiger partial charge < -0.3 is 14.2 Å². The Labute approximate surface area is 257 Å². The zero-order valence-electron chi connectivity index (χ0n) is 23.0. The van der Waals surface area contributed by atoms with E-state index in [1.54, 1.807) is 36.4 Å². The predicted octanol–water partition coefficient (Wildman–Crippen LogP) is 5.86. The van der Waals surface area contributed by atoms with Crippen molar-refractivity contribution in [1.29, 1.82) is 0 Å². The second-order valence-corrected chi connectivity index (χ2v) is 14.3. The molecule has 0 bridgehead atoms. The third kappa shape index (κ3) is 6.01. The minimum absolute atomic E-state index is 0.0566. The molecular weight excluding hydrogens is 621 g/mol. The quantitative estimate of drug-likeness (QED) is 0.240. The van der Waals surface area contributed by atoms with E-state index in [0.29, 0.717) is 33.8 Å². The molecule has 1 amide bonds. The largest absolute Gasteiger partial charge is 0.373 e. The summed E-state index contributed by atoms with van der Waals surface area (Å²) in [5.74, 6) is 0.535. The van der Waals surface area contributed by atoms with Gasteiger partial charge in [-0.15, -0.1) is 0 Å². The molecule has 2 aromatic heterocycles. The van der Waals surface area contributed by atoms with Gasteiger partial charge >= 0.3 is 10.2 Å². The zero-order valence-corrected chi connectivity index (χ0v) is 26.1. The number of anilines is 1. The maximum absolute atomic E-state index is 12.5. The maximum Gasteiger partial charge on any atom is 0.303 e. The molecule has 1 saturated heterocycles. The van der Waals surface area contributed by atoms with E-state index in [4.69, 9.17) is 37.4 Å².